The number of likely N-dealkylation sites (tertiary alicyclic amines) is 1. The fourth-order valence-electron chi connectivity index (χ4n) is 4.12. The lowest BCUT2D eigenvalue weighted by Gasteiger charge is -2.38. The molecule has 0 saturated carbocycles. The zero-order chi connectivity index (χ0) is 18.9. The van der Waals surface area contributed by atoms with Gasteiger partial charge in [-0.25, -0.2) is 0 Å². The zero-order valence-electron chi connectivity index (χ0n) is 15.8. The maximum Gasteiger partial charge on any atom is 0.265 e. The van der Waals surface area contributed by atoms with Crippen LogP contribution in [-0.4, -0.2) is 62.4 Å². The van der Waals surface area contributed by atoms with Crippen molar-refractivity contribution in [1.82, 2.24) is 9.88 Å². The molecule has 2 aromatic rings. The lowest BCUT2D eigenvalue weighted by atomic mass is 9.78. The molecule has 1 aromatic heterocycles. The smallest absolute Gasteiger partial charge is 0.265 e. The highest BCUT2D eigenvalue weighted by Crippen LogP contribution is 2.39. The summed E-state index contributed by atoms with van der Waals surface area (Å²) >= 11 is 0. The number of benzene rings is 1. The molecular formula is C20H27N3O4. The Kier molecular flexibility index (Phi) is 4.97. The number of piperidine rings is 1. The summed E-state index contributed by atoms with van der Waals surface area (Å²) in [6.45, 7) is 5.53. The number of hydrogen-bond acceptors (Lipinski definition) is 5. The van der Waals surface area contributed by atoms with Gasteiger partial charge < -0.3 is 24.9 Å². The number of carbonyl (C=O) groups excluding carboxylic acids is 1. The Hall–Kier alpha value is -2.25. The minimum Gasteiger partial charge on any atom is -0.493 e. The van der Waals surface area contributed by atoms with E-state index in [1.165, 1.54) is 19.3 Å². The summed E-state index contributed by atoms with van der Waals surface area (Å²) in [4.78, 5) is 16.8. The molecule has 1 aromatic carbocycles. The van der Waals surface area contributed by atoms with E-state index in [-0.39, 0.29) is 0 Å². The monoisotopic (exact) mass is 373 g/mol. The van der Waals surface area contributed by atoms with Crippen molar-refractivity contribution in [3.8, 4) is 11.5 Å². The lowest BCUT2D eigenvalue weighted by Crippen LogP contribution is -2.42. The molecule has 2 fully saturated rings. The van der Waals surface area contributed by atoms with E-state index in [2.05, 4.69) is 9.88 Å². The molecule has 3 heterocycles. The molecule has 0 atom stereocenters. The van der Waals surface area contributed by atoms with Crippen molar-refractivity contribution in [2.24, 2.45) is 11.1 Å². The molecule has 2 aliphatic heterocycles. The Balaban J connectivity index is 1.36. The number of aromatic amines is 1. The average Bonchev–Trinajstić information content (AvgIpc) is 3.29. The standard InChI is InChI=1S/C20H27N3O4/c1-25-17-12-15-14(10-16(22-15)19(21)24)11-18(17)27-9-7-23-5-2-20(3-6-23)4-8-26-13-20/h10-12,22H,2-9,13H2,1H3,(H2,21,24). The van der Waals surface area contributed by atoms with Gasteiger partial charge in [0.1, 0.15) is 12.3 Å². The Morgan fingerprint density at radius 3 is 2.74 bits per heavy atom. The highest BCUT2D eigenvalue weighted by Gasteiger charge is 2.37. The highest BCUT2D eigenvalue weighted by molar-refractivity contribution is 5.97. The predicted molar refractivity (Wildman–Crippen MR) is 102 cm³/mol. The topological polar surface area (TPSA) is 89.8 Å². The summed E-state index contributed by atoms with van der Waals surface area (Å²) in [5.41, 5.74) is 6.95. The number of carbonyl (C=O) groups is 1. The van der Waals surface area contributed by atoms with E-state index in [4.69, 9.17) is 19.9 Å². The fourth-order valence-corrected chi connectivity index (χ4v) is 4.12. The molecule has 146 valence electrons. The van der Waals surface area contributed by atoms with E-state index in [1.54, 1.807) is 13.2 Å². The van der Waals surface area contributed by atoms with Gasteiger partial charge in [-0.2, -0.15) is 0 Å². The van der Waals surface area contributed by atoms with Crippen LogP contribution in [0.1, 0.15) is 29.8 Å². The number of rotatable bonds is 6. The van der Waals surface area contributed by atoms with E-state index in [1.807, 2.05) is 12.1 Å². The van der Waals surface area contributed by atoms with Gasteiger partial charge in [-0.1, -0.05) is 0 Å². The van der Waals surface area contributed by atoms with Gasteiger partial charge in [-0.3, -0.25) is 9.69 Å². The summed E-state index contributed by atoms with van der Waals surface area (Å²) < 4.78 is 17.0. The second-order valence-corrected chi connectivity index (χ2v) is 7.63. The van der Waals surface area contributed by atoms with Crippen molar-refractivity contribution >= 4 is 16.8 Å². The second kappa shape index (κ2) is 7.40. The van der Waals surface area contributed by atoms with Crippen LogP contribution in [0.2, 0.25) is 0 Å². The summed E-state index contributed by atoms with van der Waals surface area (Å²) in [7, 11) is 1.61. The molecule has 1 spiro atoms. The normalized spacial score (nSPS) is 19.6. The number of aromatic nitrogens is 1. The van der Waals surface area contributed by atoms with Gasteiger partial charge >= 0.3 is 0 Å². The number of hydrogen-bond donors (Lipinski definition) is 2. The molecule has 27 heavy (non-hydrogen) atoms. The average molecular weight is 373 g/mol. The molecular weight excluding hydrogens is 346 g/mol. The third-order valence-electron chi connectivity index (χ3n) is 5.94. The van der Waals surface area contributed by atoms with Crippen LogP contribution in [-0.2, 0) is 4.74 Å². The first-order valence-corrected chi connectivity index (χ1v) is 9.52. The number of primary amides is 1. The third-order valence-corrected chi connectivity index (χ3v) is 5.94. The van der Waals surface area contributed by atoms with Crippen LogP contribution in [0.25, 0.3) is 10.9 Å². The first-order chi connectivity index (χ1) is 13.1. The van der Waals surface area contributed by atoms with E-state index >= 15 is 0 Å². The quantitative estimate of drug-likeness (QED) is 0.810. The van der Waals surface area contributed by atoms with E-state index in [0.29, 0.717) is 29.2 Å². The van der Waals surface area contributed by atoms with Crippen LogP contribution in [0.3, 0.4) is 0 Å². The fraction of sp³-hybridized carbons (Fsp3) is 0.550. The van der Waals surface area contributed by atoms with Gasteiger partial charge in [0.15, 0.2) is 11.5 Å². The van der Waals surface area contributed by atoms with Crippen molar-refractivity contribution in [2.45, 2.75) is 19.3 Å². The van der Waals surface area contributed by atoms with Gasteiger partial charge in [-0.15, -0.1) is 0 Å². The number of H-pyrrole nitrogens is 1. The number of nitrogens with one attached hydrogen (secondary N) is 1. The Morgan fingerprint density at radius 2 is 2.07 bits per heavy atom. The molecule has 4 rings (SSSR count). The molecule has 0 radical (unpaired) electrons. The number of amides is 1. The maximum atomic E-state index is 11.4. The zero-order valence-corrected chi connectivity index (χ0v) is 15.8. The lowest BCUT2D eigenvalue weighted by molar-refractivity contribution is 0.0735. The second-order valence-electron chi connectivity index (χ2n) is 7.63. The molecule has 7 nitrogen and oxygen atoms in total. The van der Waals surface area contributed by atoms with Crippen LogP contribution in [0.5, 0.6) is 11.5 Å². The number of nitrogens with zero attached hydrogens (tertiary/aromatic N) is 1. The minimum absolute atomic E-state index is 0.377. The molecule has 0 bridgehead atoms. The van der Waals surface area contributed by atoms with Crippen molar-refractivity contribution < 1.29 is 19.0 Å². The first-order valence-electron chi connectivity index (χ1n) is 9.52. The van der Waals surface area contributed by atoms with Crippen molar-refractivity contribution in [3.05, 3.63) is 23.9 Å². The van der Waals surface area contributed by atoms with Gasteiger partial charge in [0.25, 0.3) is 5.91 Å². The van der Waals surface area contributed by atoms with Crippen molar-refractivity contribution in [1.29, 1.82) is 0 Å². The molecule has 3 N–H and O–H groups in total. The Labute approximate surface area is 158 Å². The Morgan fingerprint density at radius 1 is 1.26 bits per heavy atom. The minimum atomic E-state index is -0.483. The predicted octanol–water partition coefficient (Wildman–Crippen LogP) is 2.16. The summed E-state index contributed by atoms with van der Waals surface area (Å²) in [6.07, 6.45) is 3.63. The van der Waals surface area contributed by atoms with Crippen molar-refractivity contribution in [3.63, 3.8) is 0 Å². The van der Waals surface area contributed by atoms with E-state index in [0.717, 1.165) is 43.8 Å². The van der Waals surface area contributed by atoms with E-state index in [9.17, 15) is 4.79 Å². The SMILES string of the molecule is COc1cc2[nH]c(C(N)=O)cc2cc1OCCN1CCC2(CCOC2)CC1. The maximum absolute atomic E-state index is 11.4. The molecule has 7 heteroatoms. The van der Waals surface area contributed by atoms with Crippen LogP contribution in [0, 0.1) is 5.41 Å². The Bertz CT molecular complexity index is 816. The summed E-state index contributed by atoms with van der Waals surface area (Å²) in [5.74, 6) is 0.835. The van der Waals surface area contributed by atoms with Crippen LogP contribution < -0.4 is 15.2 Å². The van der Waals surface area contributed by atoms with Gasteiger partial charge in [-0.05, 0) is 49.9 Å². The molecule has 0 unspecified atom stereocenters. The van der Waals surface area contributed by atoms with Gasteiger partial charge in [0.2, 0.25) is 0 Å². The first kappa shape index (κ1) is 18.1. The highest BCUT2D eigenvalue weighted by atomic mass is 16.5. The van der Waals surface area contributed by atoms with Crippen LogP contribution >= 0.6 is 0 Å². The van der Waals surface area contributed by atoms with Crippen LogP contribution in [0.15, 0.2) is 18.2 Å². The molecule has 2 saturated heterocycles. The van der Waals surface area contributed by atoms with Crippen molar-refractivity contribution in [2.75, 3.05) is 46.6 Å². The number of fused-ring (bicyclic) bond motifs is 1. The number of methoxy groups -OCH3 is 1. The summed E-state index contributed by atoms with van der Waals surface area (Å²) in [5, 5.41) is 0.876. The molecule has 1 amide bonds. The molecule has 0 aliphatic carbocycles. The van der Waals surface area contributed by atoms with E-state index < -0.39 is 5.91 Å². The number of nitrogens with two attached hydrogens (primary N) is 1. The van der Waals surface area contributed by atoms with Gasteiger partial charge in [0.05, 0.1) is 13.7 Å². The summed E-state index contributed by atoms with van der Waals surface area (Å²) in [6, 6.07) is 5.46. The largest absolute Gasteiger partial charge is 0.493 e. The molecule has 2 aliphatic rings. The number of ether oxygens (including phenoxy) is 3. The van der Waals surface area contributed by atoms with Crippen LogP contribution in [0.4, 0.5) is 0 Å². The third kappa shape index (κ3) is 3.75. The van der Waals surface area contributed by atoms with Gasteiger partial charge in [0, 0.05) is 30.1 Å².